The Hall–Kier alpha value is -2.64. The van der Waals surface area contributed by atoms with Crippen LogP contribution in [0.1, 0.15) is 10.4 Å². The summed E-state index contributed by atoms with van der Waals surface area (Å²) in [7, 11) is 0. The minimum atomic E-state index is -1.45. The highest BCUT2D eigenvalue weighted by molar-refractivity contribution is 5.96. The third-order valence-corrected chi connectivity index (χ3v) is 1.96. The van der Waals surface area contributed by atoms with E-state index in [-0.39, 0.29) is 11.1 Å². The van der Waals surface area contributed by atoms with E-state index in [9.17, 15) is 19.7 Å². The second kappa shape index (κ2) is 3.19. The first kappa shape index (κ1) is 9.90. The van der Waals surface area contributed by atoms with Crippen molar-refractivity contribution in [3.05, 3.63) is 38.4 Å². The molecule has 0 radical (unpaired) electrons. The van der Waals surface area contributed by atoms with Crippen LogP contribution in [0.2, 0.25) is 0 Å². The highest BCUT2D eigenvalue weighted by Crippen LogP contribution is 2.24. The predicted octanol–water partition coefficient (Wildman–Crippen LogP) is 0.727. The van der Waals surface area contributed by atoms with Gasteiger partial charge >= 0.3 is 11.7 Å². The Morgan fingerprint density at radius 1 is 1.50 bits per heavy atom. The Morgan fingerprint density at radius 3 is 2.75 bits per heavy atom. The normalized spacial score (nSPS) is 10.5. The third-order valence-electron chi connectivity index (χ3n) is 1.96. The molecular formula is C8H4N2O6. The van der Waals surface area contributed by atoms with Crippen molar-refractivity contribution in [3.63, 3.8) is 0 Å². The summed E-state index contributed by atoms with van der Waals surface area (Å²) < 4.78 is 4.58. The number of nitro groups is 1. The molecule has 1 heterocycles. The number of carbonyl (C=O) groups is 1. The molecule has 0 saturated heterocycles. The first-order chi connectivity index (χ1) is 7.49. The van der Waals surface area contributed by atoms with Gasteiger partial charge in [0.15, 0.2) is 5.58 Å². The summed E-state index contributed by atoms with van der Waals surface area (Å²) in [4.78, 5) is 33.5. The molecule has 0 aliphatic heterocycles. The number of hydrogen-bond donors (Lipinski definition) is 2. The van der Waals surface area contributed by atoms with Gasteiger partial charge in [-0.2, -0.15) is 0 Å². The Kier molecular flexibility index (Phi) is 1.97. The van der Waals surface area contributed by atoms with E-state index in [2.05, 4.69) is 9.40 Å². The van der Waals surface area contributed by atoms with Crippen molar-refractivity contribution in [3.8, 4) is 0 Å². The van der Waals surface area contributed by atoms with Crippen molar-refractivity contribution in [2.24, 2.45) is 0 Å². The average molecular weight is 224 g/mol. The molecule has 16 heavy (non-hydrogen) atoms. The van der Waals surface area contributed by atoms with Gasteiger partial charge < -0.3 is 9.52 Å². The van der Waals surface area contributed by atoms with Gasteiger partial charge in [0, 0.05) is 0 Å². The fraction of sp³-hybridized carbons (Fsp3) is 0. The number of H-pyrrole nitrogens is 1. The van der Waals surface area contributed by atoms with Gasteiger partial charge in [0.1, 0.15) is 5.56 Å². The van der Waals surface area contributed by atoms with Crippen LogP contribution in [0.15, 0.2) is 21.3 Å². The molecule has 0 spiro atoms. The molecule has 0 bridgehead atoms. The van der Waals surface area contributed by atoms with Gasteiger partial charge in [-0.1, -0.05) is 0 Å². The lowest BCUT2D eigenvalue weighted by molar-refractivity contribution is -0.385. The van der Waals surface area contributed by atoms with Crippen LogP contribution in [-0.2, 0) is 0 Å². The van der Waals surface area contributed by atoms with Crippen LogP contribution in [-0.4, -0.2) is 21.0 Å². The van der Waals surface area contributed by atoms with E-state index in [0.717, 1.165) is 12.1 Å². The molecule has 2 rings (SSSR count). The number of hydrogen-bond acceptors (Lipinski definition) is 5. The molecule has 2 aromatic rings. The standard InChI is InChI=1S/C8H4N2O6/c11-7(12)3-1-4-6(16-8(13)9-4)2-5(3)10(14)15/h1-2H,(H,9,13)(H,11,12). The molecule has 0 aliphatic carbocycles. The largest absolute Gasteiger partial charge is 0.477 e. The van der Waals surface area contributed by atoms with Gasteiger partial charge in [-0.15, -0.1) is 0 Å². The SMILES string of the molecule is O=C(O)c1cc2[nH]c(=O)oc2cc1[N+](=O)[O-]. The third kappa shape index (κ3) is 1.41. The van der Waals surface area contributed by atoms with Crippen molar-refractivity contribution in [1.29, 1.82) is 0 Å². The predicted molar refractivity (Wildman–Crippen MR) is 50.4 cm³/mol. The number of nitro benzene ring substituents is 1. The summed E-state index contributed by atoms with van der Waals surface area (Å²) in [5.74, 6) is -2.25. The highest BCUT2D eigenvalue weighted by atomic mass is 16.6. The van der Waals surface area contributed by atoms with Crippen molar-refractivity contribution in [1.82, 2.24) is 4.98 Å². The van der Waals surface area contributed by atoms with E-state index in [0.29, 0.717) is 0 Å². The maximum Gasteiger partial charge on any atom is 0.417 e. The molecule has 0 fully saturated rings. The molecule has 82 valence electrons. The minimum Gasteiger partial charge on any atom is -0.477 e. The van der Waals surface area contributed by atoms with Crippen molar-refractivity contribution in [2.45, 2.75) is 0 Å². The van der Waals surface area contributed by atoms with Crippen LogP contribution in [0.5, 0.6) is 0 Å². The first-order valence-electron chi connectivity index (χ1n) is 4.03. The average Bonchev–Trinajstić information content (AvgIpc) is 2.54. The molecule has 1 aromatic heterocycles. The summed E-state index contributed by atoms with van der Waals surface area (Å²) in [5, 5.41) is 19.3. The van der Waals surface area contributed by atoms with Gasteiger partial charge in [0.25, 0.3) is 5.69 Å². The van der Waals surface area contributed by atoms with E-state index >= 15 is 0 Å². The number of aromatic nitrogens is 1. The van der Waals surface area contributed by atoms with Gasteiger partial charge in [0.05, 0.1) is 16.5 Å². The smallest absolute Gasteiger partial charge is 0.417 e. The van der Waals surface area contributed by atoms with E-state index in [4.69, 9.17) is 5.11 Å². The number of aromatic amines is 1. The lowest BCUT2D eigenvalue weighted by Crippen LogP contribution is -2.02. The number of nitrogens with one attached hydrogen (secondary N) is 1. The van der Waals surface area contributed by atoms with E-state index in [1.807, 2.05) is 0 Å². The van der Waals surface area contributed by atoms with Gasteiger partial charge in [-0.3, -0.25) is 15.1 Å². The molecule has 0 aliphatic rings. The number of benzene rings is 1. The van der Waals surface area contributed by atoms with Crippen molar-refractivity contribution < 1.29 is 19.2 Å². The minimum absolute atomic E-state index is 0.0540. The van der Waals surface area contributed by atoms with Gasteiger partial charge in [0.2, 0.25) is 0 Å². The summed E-state index contributed by atoms with van der Waals surface area (Å²) in [6.07, 6.45) is 0. The zero-order chi connectivity index (χ0) is 11.9. The monoisotopic (exact) mass is 224 g/mol. The Labute approximate surface area is 86.3 Å². The van der Waals surface area contributed by atoms with Gasteiger partial charge in [-0.05, 0) is 6.07 Å². The molecule has 8 heteroatoms. The number of fused-ring (bicyclic) bond motifs is 1. The Morgan fingerprint density at radius 2 is 2.19 bits per heavy atom. The number of carboxylic acids is 1. The van der Waals surface area contributed by atoms with Crippen LogP contribution in [0.3, 0.4) is 0 Å². The van der Waals surface area contributed by atoms with E-state index < -0.39 is 27.9 Å². The van der Waals surface area contributed by atoms with Crippen LogP contribution in [0, 0.1) is 10.1 Å². The summed E-state index contributed by atoms with van der Waals surface area (Å²) in [6, 6.07) is 1.89. The second-order valence-electron chi connectivity index (χ2n) is 2.94. The first-order valence-corrected chi connectivity index (χ1v) is 4.03. The maximum absolute atomic E-state index is 10.8. The van der Waals surface area contributed by atoms with Crippen LogP contribution in [0.4, 0.5) is 5.69 Å². The summed E-state index contributed by atoms with van der Waals surface area (Å²) in [5.41, 5.74) is -1.08. The number of aromatic carboxylic acids is 1. The lowest BCUT2D eigenvalue weighted by atomic mass is 10.1. The van der Waals surface area contributed by atoms with Gasteiger partial charge in [-0.25, -0.2) is 9.59 Å². The Balaban J connectivity index is 2.85. The zero-order valence-corrected chi connectivity index (χ0v) is 7.59. The van der Waals surface area contributed by atoms with Crippen LogP contribution in [0.25, 0.3) is 11.1 Å². The van der Waals surface area contributed by atoms with E-state index in [1.165, 1.54) is 0 Å². The molecule has 0 saturated carbocycles. The van der Waals surface area contributed by atoms with Crippen LogP contribution >= 0.6 is 0 Å². The summed E-state index contributed by atoms with van der Waals surface area (Å²) >= 11 is 0. The molecule has 8 nitrogen and oxygen atoms in total. The zero-order valence-electron chi connectivity index (χ0n) is 7.59. The lowest BCUT2D eigenvalue weighted by Gasteiger charge is -1.96. The van der Waals surface area contributed by atoms with E-state index in [1.54, 1.807) is 0 Å². The molecule has 0 amide bonds. The fourth-order valence-electron chi connectivity index (χ4n) is 1.31. The second-order valence-corrected chi connectivity index (χ2v) is 2.94. The molecule has 0 atom stereocenters. The Bertz CT molecular complexity index is 598. The number of nitrogens with zero attached hydrogens (tertiary/aromatic N) is 1. The quantitative estimate of drug-likeness (QED) is 0.571. The molecule has 2 N–H and O–H groups in total. The van der Waals surface area contributed by atoms with Crippen LogP contribution < -0.4 is 5.76 Å². The molecule has 1 aromatic carbocycles. The fourth-order valence-corrected chi connectivity index (χ4v) is 1.31. The number of rotatable bonds is 2. The van der Waals surface area contributed by atoms with Crippen molar-refractivity contribution >= 4 is 22.8 Å². The van der Waals surface area contributed by atoms with Crippen molar-refractivity contribution in [2.75, 3.05) is 0 Å². The molecular weight excluding hydrogens is 220 g/mol. The summed E-state index contributed by atoms with van der Waals surface area (Å²) in [6.45, 7) is 0. The highest BCUT2D eigenvalue weighted by Gasteiger charge is 2.22. The number of oxazole rings is 1. The molecule has 0 unspecified atom stereocenters. The maximum atomic E-state index is 10.8. The number of carboxylic acid groups (broad SMARTS) is 1. The topological polar surface area (TPSA) is 126 Å².